The average molecular weight is 345 g/mol. The molecule has 0 aliphatic carbocycles. The van der Waals surface area contributed by atoms with Crippen LogP contribution in [0.2, 0.25) is 0 Å². The molecule has 2 aliphatic heterocycles. The van der Waals surface area contributed by atoms with E-state index < -0.39 is 0 Å². The SMILES string of the molecule is CC1CCN(C[C@H]2CCCN(CCc3ccc([N+](=O)[O-])cc3)C2)CC1. The summed E-state index contributed by atoms with van der Waals surface area (Å²) in [6, 6.07) is 7.03. The number of hydrogen-bond acceptors (Lipinski definition) is 4. The van der Waals surface area contributed by atoms with Crippen LogP contribution in [0.1, 0.15) is 38.2 Å². The molecule has 1 atom stereocenters. The molecule has 1 aromatic carbocycles. The molecule has 0 saturated carbocycles. The Morgan fingerprint density at radius 2 is 1.80 bits per heavy atom. The van der Waals surface area contributed by atoms with Gasteiger partial charge in [-0.3, -0.25) is 10.1 Å². The minimum absolute atomic E-state index is 0.178. The van der Waals surface area contributed by atoms with Crippen LogP contribution in [0, 0.1) is 22.0 Å². The molecule has 1 aromatic rings. The summed E-state index contributed by atoms with van der Waals surface area (Å²) in [5.41, 5.74) is 1.37. The Morgan fingerprint density at radius 1 is 1.08 bits per heavy atom. The highest BCUT2D eigenvalue weighted by atomic mass is 16.6. The van der Waals surface area contributed by atoms with Gasteiger partial charge in [-0.2, -0.15) is 0 Å². The molecule has 0 bridgehead atoms. The number of nitro benzene ring substituents is 1. The molecule has 0 N–H and O–H groups in total. The summed E-state index contributed by atoms with van der Waals surface area (Å²) in [6.45, 7) is 9.66. The molecule has 2 fully saturated rings. The number of benzene rings is 1. The van der Waals surface area contributed by atoms with E-state index in [1.165, 1.54) is 64.0 Å². The summed E-state index contributed by atoms with van der Waals surface area (Å²) in [4.78, 5) is 15.7. The molecule has 0 unspecified atom stereocenters. The summed E-state index contributed by atoms with van der Waals surface area (Å²) in [6.07, 6.45) is 6.36. The first-order chi connectivity index (χ1) is 12.1. The highest BCUT2D eigenvalue weighted by molar-refractivity contribution is 5.32. The van der Waals surface area contributed by atoms with Gasteiger partial charge >= 0.3 is 0 Å². The van der Waals surface area contributed by atoms with E-state index in [2.05, 4.69) is 16.7 Å². The molecule has 25 heavy (non-hydrogen) atoms. The smallest absolute Gasteiger partial charge is 0.269 e. The van der Waals surface area contributed by atoms with Crippen molar-refractivity contribution < 1.29 is 4.92 Å². The van der Waals surface area contributed by atoms with Crippen molar-refractivity contribution in [3.8, 4) is 0 Å². The number of rotatable bonds is 6. The predicted molar refractivity (Wildman–Crippen MR) is 101 cm³/mol. The van der Waals surface area contributed by atoms with Crippen molar-refractivity contribution in [3.63, 3.8) is 0 Å². The fraction of sp³-hybridized carbons (Fsp3) is 0.700. The van der Waals surface area contributed by atoms with E-state index in [9.17, 15) is 10.1 Å². The van der Waals surface area contributed by atoms with E-state index in [-0.39, 0.29) is 10.6 Å². The van der Waals surface area contributed by atoms with Crippen molar-refractivity contribution in [3.05, 3.63) is 39.9 Å². The second-order valence-corrected chi connectivity index (χ2v) is 7.97. The Bertz CT molecular complexity index is 553. The summed E-state index contributed by atoms with van der Waals surface area (Å²) in [5, 5.41) is 10.7. The number of likely N-dealkylation sites (tertiary alicyclic amines) is 2. The van der Waals surface area contributed by atoms with Crippen LogP contribution in [0.3, 0.4) is 0 Å². The molecular weight excluding hydrogens is 314 g/mol. The van der Waals surface area contributed by atoms with E-state index in [0.29, 0.717) is 0 Å². The molecule has 0 radical (unpaired) electrons. The number of nitrogens with zero attached hydrogens (tertiary/aromatic N) is 3. The first-order valence-electron chi connectivity index (χ1n) is 9.78. The molecule has 5 heteroatoms. The minimum atomic E-state index is -0.333. The molecule has 3 rings (SSSR count). The van der Waals surface area contributed by atoms with Gasteiger partial charge < -0.3 is 9.80 Å². The van der Waals surface area contributed by atoms with E-state index in [1.54, 1.807) is 12.1 Å². The van der Waals surface area contributed by atoms with Gasteiger partial charge in [-0.1, -0.05) is 19.1 Å². The van der Waals surface area contributed by atoms with Gasteiger partial charge in [0, 0.05) is 31.8 Å². The van der Waals surface area contributed by atoms with Crippen LogP contribution < -0.4 is 0 Å². The lowest BCUT2D eigenvalue weighted by Gasteiger charge is -2.37. The van der Waals surface area contributed by atoms with Crippen molar-refractivity contribution in [2.45, 2.75) is 39.0 Å². The molecular formula is C20H31N3O2. The number of nitro groups is 1. The molecule has 0 amide bonds. The Balaban J connectivity index is 1.42. The Labute approximate surface area is 151 Å². The van der Waals surface area contributed by atoms with Crippen LogP contribution in [-0.2, 0) is 6.42 Å². The van der Waals surface area contributed by atoms with Gasteiger partial charge in [0.1, 0.15) is 0 Å². The van der Waals surface area contributed by atoms with Crippen LogP contribution in [0.15, 0.2) is 24.3 Å². The van der Waals surface area contributed by atoms with Crippen LogP contribution in [0.25, 0.3) is 0 Å². The molecule has 2 aliphatic rings. The van der Waals surface area contributed by atoms with Gasteiger partial charge in [0.2, 0.25) is 0 Å². The highest BCUT2D eigenvalue weighted by Gasteiger charge is 2.24. The fourth-order valence-electron chi connectivity index (χ4n) is 4.18. The van der Waals surface area contributed by atoms with E-state index in [4.69, 9.17) is 0 Å². The maximum Gasteiger partial charge on any atom is 0.269 e. The third-order valence-corrected chi connectivity index (χ3v) is 5.86. The standard InChI is InChI=1S/C20H31N3O2/c1-17-8-12-22(13-9-17)16-19-3-2-11-21(15-19)14-10-18-4-6-20(7-5-18)23(24)25/h4-7,17,19H,2-3,8-16H2,1H3/t19-/m0/s1. The summed E-state index contributed by atoms with van der Waals surface area (Å²) in [5.74, 6) is 1.71. The quantitative estimate of drug-likeness (QED) is 0.584. The molecule has 5 nitrogen and oxygen atoms in total. The number of hydrogen-bond donors (Lipinski definition) is 0. The molecule has 138 valence electrons. The Kier molecular flexibility index (Phi) is 6.43. The van der Waals surface area contributed by atoms with Gasteiger partial charge in [0.15, 0.2) is 0 Å². The third-order valence-electron chi connectivity index (χ3n) is 5.86. The molecule has 0 aromatic heterocycles. The zero-order valence-corrected chi connectivity index (χ0v) is 15.4. The third kappa shape index (κ3) is 5.51. The number of piperidine rings is 2. The second-order valence-electron chi connectivity index (χ2n) is 7.97. The molecule has 2 saturated heterocycles. The topological polar surface area (TPSA) is 49.6 Å². The average Bonchev–Trinajstić information content (AvgIpc) is 2.63. The van der Waals surface area contributed by atoms with Crippen LogP contribution in [0.4, 0.5) is 5.69 Å². The summed E-state index contributed by atoms with van der Waals surface area (Å²) >= 11 is 0. The predicted octanol–water partition coefficient (Wildman–Crippen LogP) is 3.58. The van der Waals surface area contributed by atoms with Crippen LogP contribution in [-0.4, -0.2) is 54.0 Å². The van der Waals surface area contributed by atoms with Crippen LogP contribution in [0.5, 0.6) is 0 Å². The summed E-state index contributed by atoms with van der Waals surface area (Å²) in [7, 11) is 0. The lowest BCUT2D eigenvalue weighted by molar-refractivity contribution is -0.384. The van der Waals surface area contributed by atoms with Gasteiger partial charge in [-0.15, -0.1) is 0 Å². The van der Waals surface area contributed by atoms with Crippen molar-refractivity contribution in [2.75, 3.05) is 39.3 Å². The first-order valence-corrected chi connectivity index (χ1v) is 9.78. The zero-order chi connectivity index (χ0) is 17.6. The van der Waals surface area contributed by atoms with Crippen molar-refractivity contribution in [1.82, 2.24) is 9.80 Å². The summed E-state index contributed by atoms with van der Waals surface area (Å²) < 4.78 is 0. The monoisotopic (exact) mass is 345 g/mol. The number of non-ortho nitro benzene ring substituents is 1. The Morgan fingerprint density at radius 3 is 2.48 bits per heavy atom. The highest BCUT2D eigenvalue weighted by Crippen LogP contribution is 2.22. The lowest BCUT2D eigenvalue weighted by Crippen LogP contribution is -2.43. The van der Waals surface area contributed by atoms with Crippen LogP contribution >= 0.6 is 0 Å². The lowest BCUT2D eigenvalue weighted by atomic mass is 9.94. The van der Waals surface area contributed by atoms with Crippen molar-refractivity contribution in [2.24, 2.45) is 11.8 Å². The van der Waals surface area contributed by atoms with Gasteiger partial charge in [-0.05, 0) is 69.1 Å². The fourth-order valence-corrected chi connectivity index (χ4v) is 4.18. The Hall–Kier alpha value is -1.46. The maximum absolute atomic E-state index is 10.7. The maximum atomic E-state index is 10.7. The molecule has 0 spiro atoms. The zero-order valence-electron chi connectivity index (χ0n) is 15.4. The minimum Gasteiger partial charge on any atom is -0.303 e. The molecule has 2 heterocycles. The first kappa shape index (κ1) is 18.3. The second kappa shape index (κ2) is 8.77. The van der Waals surface area contributed by atoms with Crippen molar-refractivity contribution >= 4 is 5.69 Å². The van der Waals surface area contributed by atoms with E-state index >= 15 is 0 Å². The largest absolute Gasteiger partial charge is 0.303 e. The van der Waals surface area contributed by atoms with Gasteiger partial charge in [0.25, 0.3) is 5.69 Å². The van der Waals surface area contributed by atoms with Gasteiger partial charge in [-0.25, -0.2) is 0 Å². The van der Waals surface area contributed by atoms with E-state index in [0.717, 1.165) is 24.8 Å². The van der Waals surface area contributed by atoms with E-state index in [1.807, 2.05) is 12.1 Å². The van der Waals surface area contributed by atoms with Gasteiger partial charge in [0.05, 0.1) is 4.92 Å². The van der Waals surface area contributed by atoms with Crippen molar-refractivity contribution in [1.29, 1.82) is 0 Å². The normalized spacial score (nSPS) is 23.6.